The van der Waals surface area contributed by atoms with Crippen LogP contribution in [0, 0.1) is 5.92 Å². The van der Waals surface area contributed by atoms with Crippen LogP contribution in [0.3, 0.4) is 0 Å². The second-order valence-corrected chi connectivity index (χ2v) is 7.96. The molecule has 0 aliphatic heterocycles. The van der Waals surface area contributed by atoms with E-state index in [2.05, 4.69) is 34.4 Å². The average Bonchev–Trinajstić information content (AvgIpc) is 3.53. The first-order valence-corrected chi connectivity index (χ1v) is 9.41. The molecule has 0 aromatic carbocycles. The molecule has 2 N–H and O–H groups in total. The molecule has 0 radical (unpaired) electrons. The molecule has 158 valence electrons. The monoisotopic (exact) mass is 416 g/mol. The summed E-state index contributed by atoms with van der Waals surface area (Å²) >= 11 is 0. The fourth-order valence-electron chi connectivity index (χ4n) is 3.36. The van der Waals surface area contributed by atoms with E-state index < -0.39 is 30.5 Å². The Morgan fingerprint density at radius 3 is 2.55 bits per heavy atom. The van der Waals surface area contributed by atoms with Crippen molar-refractivity contribution in [3.05, 3.63) is 23.7 Å². The smallest absolute Gasteiger partial charge is 0.364 e. The summed E-state index contributed by atoms with van der Waals surface area (Å²) in [6, 6.07) is 0. The van der Waals surface area contributed by atoms with Gasteiger partial charge in [0.2, 0.25) is 5.95 Å². The van der Waals surface area contributed by atoms with Gasteiger partial charge < -0.3 is 10.6 Å². The number of nitrogens with one attached hydrogen (secondary N) is 2. The fraction of sp³-hybridized carbons (Fsp3) is 0.611. The van der Waals surface area contributed by atoms with Crippen molar-refractivity contribution in [2.45, 2.75) is 57.2 Å². The molecular weight excluding hydrogens is 395 g/mol. The van der Waals surface area contributed by atoms with Gasteiger partial charge in [0.25, 0.3) is 6.43 Å². The number of aromatic nitrogens is 4. The molecule has 11 heteroatoms. The Morgan fingerprint density at radius 1 is 1.31 bits per heavy atom. The first kappa shape index (κ1) is 19.8. The molecular formula is C18H21F5N6. The predicted molar refractivity (Wildman–Crippen MR) is 96.4 cm³/mol. The number of rotatable bonds is 7. The molecule has 0 saturated heterocycles. The highest BCUT2D eigenvalue weighted by Gasteiger charge is 2.50. The Kier molecular flexibility index (Phi) is 4.66. The van der Waals surface area contributed by atoms with Crippen molar-refractivity contribution < 1.29 is 22.0 Å². The summed E-state index contributed by atoms with van der Waals surface area (Å²) in [4.78, 5) is 7.55. The van der Waals surface area contributed by atoms with Crippen molar-refractivity contribution in [2.75, 3.05) is 17.2 Å². The number of nitrogens with zero attached hydrogens (tertiary/aromatic N) is 4. The van der Waals surface area contributed by atoms with E-state index in [0.29, 0.717) is 23.7 Å². The van der Waals surface area contributed by atoms with Crippen LogP contribution in [0.25, 0.3) is 0 Å². The molecule has 0 bridgehead atoms. The van der Waals surface area contributed by atoms with Crippen LogP contribution in [-0.4, -0.2) is 32.7 Å². The number of halogens is 5. The molecule has 4 rings (SSSR count). The molecule has 0 amide bonds. The maximum atomic E-state index is 13.1. The minimum atomic E-state index is -4.76. The largest absolute Gasteiger partial charge is 0.421 e. The molecule has 2 heterocycles. The third-order valence-electron chi connectivity index (χ3n) is 5.62. The fourth-order valence-corrected chi connectivity index (χ4v) is 3.36. The molecule has 2 saturated carbocycles. The molecule has 2 aromatic heterocycles. The molecule has 2 aliphatic rings. The maximum absolute atomic E-state index is 13.1. The zero-order valence-electron chi connectivity index (χ0n) is 15.9. The topological polar surface area (TPSA) is 67.7 Å². The third kappa shape index (κ3) is 3.99. The predicted octanol–water partition coefficient (Wildman–Crippen LogP) is 4.74. The van der Waals surface area contributed by atoms with Gasteiger partial charge in [0.05, 0.1) is 23.5 Å². The lowest BCUT2D eigenvalue weighted by molar-refractivity contribution is -0.137. The summed E-state index contributed by atoms with van der Waals surface area (Å²) in [5, 5.41) is 9.69. The van der Waals surface area contributed by atoms with Crippen LogP contribution in [0.5, 0.6) is 0 Å². The Morgan fingerprint density at radius 2 is 2.00 bits per heavy atom. The lowest BCUT2D eigenvalue weighted by Gasteiger charge is -2.14. The van der Waals surface area contributed by atoms with Gasteiger partial charge in [0.1, 0.15) is 11.4 Å². The first-order valence-electron chi connectivity index (χ1n) is 9.41. The number of hydrogen-bond donors (Lipinski definition) is 2. The van der Waals surface area contributed by atoms with Crippen LogP contribution in [-0.2, 0) is 11.7 Å². The Bertz CT molecular complexity index is 907. The van der Waals surface area contributed by atoms with Gasteiger partial charge in [0.15, 0.2) is 0 Å². The quantitative estimate of drug-likeness (QED) is 0.638. The van der Waals surface area contributed by atoms with Gasteiger partial charge in [0, 0.05) is 18.3 Å². The van der Waals surface area contributed by atoms with E-state index in [1.807, 2.05) is 10.9 Å². The zero-order chi connectivity index (χ0) is 21.0. The van der Waals surface area contributed by atoms with Crippen LogP contribution in [0.1, 0.15) is 50.3 Å². The SMILES string of the molecule is C[C@@H]1C[C@]1(C)n1cc(Nc2ncc(C(F)(F)F)c(NCC(F)F)n2)c(C2CC2)n1. The van der Waals surface area contributed by atoms with E-state index in [9.17, 15) is 22.0 Å². The summed E-state index contributed by atoms with van der Waals surface area (Å²) in [7, 11) is 0. The molecule has 2 aliphatic carbocycles. The molecule has 29 heavy (non-hydrogen) atoms. The highest BCUT2D eigenvalue weighted by molar-refractivity contribution is 5.60. The highest BCUT2D eigenvalue weighted by Crippen LogP contribution is 2.51. The van der Waals surface area contributed by atoms with E-state index in [-0.39, 0.29) is 11.5 Å². The van der Waals surface area contributed by atoms with Crippen molar-refractivity contribution in [1.29, 1.82) is 0 Å². The van der Waals surface area contributed by atoms with Crippen LogP contribution in [0.4, 0.5) is 39.4 Å². The average molecular weight is 416 g/mol. The second kappa shape index (κ2) is 6.81. The minimum Gasteiger partial charge on any atom is -0.364 e. The van der Waals surface area contributed by atoms with Crippen molar-refractivity contribution in [1.82, 2.24) is 19.7 Å². The lowest BCUT2D eigenvalue weighted by atomic mass is 10.2. The Hall–Kier alpha value is -2.46. The molecule has 6 nitrogen and oxygen atoms in total. The van der Waals surface area contributed by atoms with Crippen molar-refractivity contribution in [2.24, 2.45) is 5.92 Å². The van der Waals surface area contributed by atoms with E-state index in [1.165, 1.54) is 0 Å². The second-order valence-electron chi connectivity index (χ2n) is 7.96. The highest BCUT2D eigenvalue weighted by atomic mass is 19.4. The molecule has 0 spiro atoms. The minimum absolute atomic E-state index is 0.0749. The van der Waals surface area contributed by atoms with E-state index in [4.69, 9.17) is 5.10 Å². The van der Waals surface area contributed by atoms with Crippen molar-refractivity contribution >= 4 is 17.5 Å². The van der Waals surface area contributed by atoms with Crippen LogP contribution >= 0.6 is 0 Å². The molecule has 2 fully saturated rings. The molecule has 2 atom stereocenters. The summed E-state index contributed by atoms with van der Waals surface area (Å²) < 4.78 is 66.3. The lowest BCUT2D eigenvalue weighted by Crippen LogP contribution is -2.18. The van der Waals surface area contributed by atoms with E-state index in [1.54, 1.807) is 0 Å². The Balaban J connectivity index is 1.63. The number of hydrogen-bond acceptors (Lipinski definition) is 5. The molecule has 0 unspecified atom stereocenters. The molecule has 2 aromatic rings. The summed E-state index contributed by atoms with van der Waals surface area (Å²) in [6.07, 6.45) is -2.18. The van der Waals surface area contributed by atoms with E-state index >= 15 is 0 Å². The first-order chi connectivity index (χ1) is 13.6. The zero-order valence-corrected chi connectivity index (χ0v) is 15.9. The van der Waals surface area contributed by atoms with E-state index in [0.717, 1.165) is 25.0 Å². The normalized spacial score (nSPS) is 24.1. The van der Waals surface area contributed by atoms with Crippen molar-refractivity contribution in [3.8, 4) is 0 Å². The van der Waals surface area contributed by atoms with Crippen LogP contribution in [0.15, 0.2) is 12.4 Å². The van der Waals surface area contributed by atoms with Gasteiger partial charge in [-0.15, -0.1) is 0 Å². The van der Waals surface area contributed by atoms with Crippen LogP contribution < -0.4 is 10.6 Å². The van der Waals surface area contributed by atoms with Crippen LogP contribution in [0.2, 0.25) is 0 Å². The number of anilines is 3. The summed E-state index contributed by atoms with van der Waals surface area (Å²) in [5.74, 6) is -0.0132. The standard InChI is InChI=1S/C18H21F5N6/c1-9-5-17(9,2)29-8-12(14(28-29)10-3-4-10)26-16-25-6-11(18(21,22)23)15(27-16)24-7-13(19)20/h6,8-10,13H,3-5,7H2,1-2H3,(H2,24,25,26,27)/t9-,17+/m1/s1. The maximum Gasteiger partial charge on any atom is 0.421 e. The van der Waals surface area contributed by atoms with Crippen molar-refractivity contribution in [3.63, 3.8) is 0 Å². The van der Waals surface area contributed by atoms with Gasteiger partial charge in [-0.05, 0) is 32.1 Å². The summed E-state index contributed by atoms with van der Waals surface area (Å²) in [5.41, 5.74) is 0.193. The Labute approximate surface area is 163 Å². The van der Waals surface area contributed by atoms with Gasteiger partial charge in [-0.2, -0.15) is 23.3 Å². The third-order valence-corrected chi connectivity index (χ3v) is 5.62. The summed E-state index contributed by atoms with van der Waals surface area (Å²) in [6.45, 7) is 3.29. The van der Waals surface area contributed by atoms with Gasteiger partial charge in [-0.3, -0.25) is 4.68 Å². The number of alkyl halides is 5. The van der Waals surface area contributed by atoms with Gasteiger partial charge in [-0.1, -0.05) is 6.92 Å². The van der Waals surface area contributed by atoms with Gasteiger partial charge in [-0.25, -0.2) is 13.8 Å². The van der Waals surface area contributed by atoms with Gasteiger partial charge >= 0.3 is 6.18 Å².